The standard InChI is InChI=1S/C26H37N3O4S/c1-8-21(5)27-26(31)22(6)28(16-23-12-9-18(2)10-13-23)25(30)17-29(34(7,32)33)24-14-11-19(3)20(4)15-24/h9-15,21-22H,8,16-17H2,1-7H3,(H,27,31)/t21-,22-/m1/s1. The van der Waals surface area contributed by atoms with Crippen LogP contribution in [0.2, 0.25) is 0 Å². The van der Waals surface area contributed by atoms with Crippen LogP contribution in [0.4, 0.5) is 5.69 Å². The molecule has 34 heavy (non-hydrogen) atoms. The van der Waals surface area contributed by atoms with Crippen LogP contribution in [-0.4, -0.2) is 50.0 Å². The van der Waals surface area contributed by atoms with Crippen molar-refractivity contribution in [2.45, 2.75) is 66.6 Å². The van der Waals surface area contributed by atoms with Gasteiger partial charge in [0.1, 0.15) is 12.6 Å². The number of rotatable bonds is 10. The maximum absolute atomic E-state index is 13.5. The summed E-state index contributed by atoms with van der Waals surface area (Å²) in [5.74, 6) is -0.720. The smallest absolute Gasteiger partial charge is 0.244 e. The molecule has 0 saturated carbocycles. The maximum atomic E-state index is 13.5. The van der Waals surface area contributed by atoms with E-state index < -0.39 is 28.5 Å². The molecule has 0 aliphatic heterocycles. The van der Waals surface area contributed by atoms with Crippen LogP contribution in [0.5, 0.6) is 0 Å². The molecule has 2 rings (SSSR count). The van der Waals surface area contributed by atoms with Gasteiger partial charge in [0.05, 0.1) is 11.9 Å². The molecular weight excluding hydrogens is 450 g/mol. The van der Waals surface area contributed by atoms with Crippen molar-refractivity contribution >= 4 is 27.5 Å². The number of hydrogen-bond donors (Lipinski definition) is 1. The van der Waals surface area contributed by atoms with Crippen molar-refractivity contribution in [3.05, 3.63) is 64.7 Å². The Bertz CT molecular complexity index is 1110. The Morgan fingerprint density at radius 3 is 2.12 bits per heavy atom. The summed E-state index contributed by atoms with van der Waals surface area (Å²) >= 11 is 0. The number of anilines is 1. The van der Waals surface area contributed by atoms with Crippen molar-refractivity contribution in [1.82, 2.24) is 10.2 Å². The number of nitrogens with one attached hydrogen (secondary N) is 1. The second-order valence-electron chi connectivity index (χ2n) is 9.04. The summed E-state index contributed by atoms with van der Waals surface area (Å²) in [7, 11) is -3.74. The molecule has 1 N–H and O–H groups in total. The number of carbonyl (C=O) groups is 2. The van der Waals surface area contributed by atoms with Crippen LogP contribution >= 0.6 is 0 Å². The van der Waals surface area contributed by atoms with Gasteiger partial charge in [-0.3, -0.25) is 13.9 Å². The average Bonchev–Trinajstić information content (AvgIpc) is 2.77. The zero-order chi connectivity index (χ0) is 25.6. The predicted molar refractivity (Wildman–Crippen MR) is 137 cm³/mol. The third-order valence-electron chi connectivity index (χ3n) is 6.10. The second kappa shape index (κ2) is 11.5. The van der Waals surface area contributed by atoms with Gasteiger partial charge in [-0.1, -0.05) is 42.8 Å². The van der Waals surface area contributed by atoms with Crippen molar-refractivity contribution in [3.63, 3.8) is 0 Å². The van der Waals surface area contributed by atoms with Gasteiger partial charge in [-0.25, -0.2) is 8.42 Å². The average molecular weight is 488 g/mol. The van der Waals surface area contributed by atoms with E-state index in [2.05, 4.69) is 5.32 Å². The van der Waals surface area contributed by atoms with Gasteiger partial charge in [0.25, 0.3) is 0 Å². The second-order valence-corrected chi connectivity index (χ2v) is 10.9. The summed E-state index contributed by atoms with van der Waals surface area (Å²) in [5.41, 5.74) is 4.32. The van der Waals surface area contributed by atoms with E-state index in [9.17, 15) is 18.0 Å². The first-order chi connectivity index (χ1) is 15.8. The van der Waals surface area contributed by atoms with E-state index in [0.717, 1.165) is 39.2 Å². The van der Waals surface area contributed by atoms with Crippen LogP contribution in [0.1, 0.15) is 49.4 Å². The number of amides is 2. The molecule has 186 valence electrons. The number of nitrogens with zero attached hydrogens (tertiary/aromatic N) is 2. The Balaban J connectivity index is 2.39. The van der Waals surface area contributed by atoms with Gasteiger partial charge >= 0.3 is 0 Å². The fraction of sp³-hybridized carbons (Fsp3) is 0.462. The lowest BCUT2D eigenvalue weighted by molar-refractivity contribution is -0.139. The maximum Gasteiger partial charge on any atom is 0.244 e. The Morgan fingerprint density at radius 2 is 1.59 bits per heavy atom. The lowest BCUT2D eigenvalue weighted by Gasteiger charge is -2.32. The van der Waals surface area contributed by atoms with Gasteiger partial charge in [-0.2, -0.15) is 0 Å². The molecule has 0 spiro atoms. The molecule has 0 bridgehead atoms. The van der Waals surface area contributed by atoms with Gasteiger partial charge < -0.3 is 10.2 Å². The number of carbonyl (C=O) groups excluding carboxylic acids is 2. The monoisotopic (exact) mass is 487 g/mol. The largest absolute Gasteiger partial charge is 0.352 e. The van der Waals surface area contributed by atoms with Gasteiger partial charge in [-0.05, 0) is 69.9 Å². The lowest BCUT2D eigenvalue weighted by Crippen LogP contribution is -2.52. The highest BCUT2D eigenvalue weighted by molar-refractivity contribution is 7.92. The first-order valence-corrected chi connectivity index (χ1v) is 13.4. The third kappa shape index (κ3) is 7.32. The fourth-order valence-electron chi connectivity index (χ4n) is 3.43. The zero-order valence-corrected chi connectivity index (χ0v) is 22.1. The van der Waals surface area contributed by atoms with Gasteiger partial charge in [-0.15, -0.1) is 0 Å². The Kier molecular flexibility index (Phi) is 9.27. The molecule has 0 fully saturated rings. The van der Waals surface area contributed by atoms with Crippen LogP contribution in [0.3, 0.4) is 0 Å². The highest BCUT2D eigenvalue weighted by atomic mass is 32.2. The van der Waals surface area contributed by atoms with Crippen molar-refractivity contribution in [2.75, 3.05) is 17.1 Å². The zero-order valence-electron chi connectivity index (χ0n) is 21.3. The van der Waals surface area contributed by atoms with E-state index in [1.807, 2.05) is 65.0 Å². The van der Waals surface area contributed by atoms with Crippen molar-refractivity contribution in [1.29, 1.82) is 0 Å². The van der Waals surface area contributed by atoms with Crippen LogP contribution < -0.4 is 9.62 Å². The van der Waals surface area contributed by atoms with E-state index in [-0.39, 0.29) is 18.5 Å². The quantitative estimate of drug-likeness (QED) is 0.554. The Labute approximate surface area is 204 Å². The number of hydrogen-bond acceptors (Lipinski definition) is 4. The van der Waals surface area contributed by atoms with E-state index in [4.69, 9.17) is 0 Å². The lowest BCUT2D eigenvalue weighted by atomic mass is 10.1. The molecular formula is C26H37N3O4S. The van der Waals surface area contributed by atoms with Crippen LogP contribution in [0.25, 0.3) is 0 Å². The summed E-state index contributed by atoms with van der Waals surface area (Å²) in [6, 6.07) is 12.2. The minimum Gasteiger partial charge on any atom is -0.352 e. The summed E-state index contributed by atoms with van der Waals surface area (Å²) < 4.78 is 26.4. The van der Waals surface area contributed by atoms with Crippen LogP contribution in [0, 0.1) is 20.8 Å². The summed E-state index contributed by atoms with van der Waals surface area (Å²) in [6.07, 6.45) is 1.85. The molecule has 0 unspecified atom stereocenters. The van der Waals surface area contributed by atoms with Crippen LogP contribution in [0.15, 0.2) is 42.5 Å². The highest BCUT2D eigenvalue weighted by Crippen LogP contribution is 2.22. The minimum atomic E-state index is -3.74. The molecule has 2 amide bonds. The Hall–Kier alpha value is -2.87. The minimum absolute atomic E-state index is 0.0330. The molecule has 2 atom stereocenters. The van der Waals surface area contributed by atoms with Gasteiger partial charge in [0.15, 0.2) is 0 Å². The predicted octanol–water partition coefficient (Wildman–Crippen LogP) is 3.71. The molecule has 0 heterocycles. The van der Waals surface area contributed by atoms with Crippen LogP contribution in [-0.2, 0) is 26.2 Å². The number of sulfonamides is 1. The van der Waals surface area contributed by atoms with E-state index in [0.29, 0.717) is 5.69 Å². The summed E-state index contributed by atoms with van der Waals surface area (Å²) in [5, 5.41) is 2.92. The fourth-order valence-corrected chi connectivity index (χ4v) is 4.27. The molecule has 2 aromatic carbocycles. The SMILES string of the molecule is CC[C@@H](C)NC(=O)[C@@H](C)N(Cc1ccc(C)cc1)C(=O)CN(c1ccc(C)c(C)c1)S(C)(=O)=O. The molecule has 0 saturated heterocycles. The summed E-state index contributed by atoms with van der Waals surface area (Å²) in [4.78, 5) is 27.9. The molecule has 7 nitrogen and oxygen atoms in total. The number of benzene rings is 2. The van der Waals surface area contributed by atoms with Gasteiger partial charge in [0.2, 0.25) is 21.8 Å². The normalized spacial score (nSPS) is 13.1. The Morgan fingerprint density at radius 1 is 0.971 bits per heavy atom. The van der Waals surface area contributed by atoms with E-state index in [1.54, 1.807) is 19.1 Å². The molecule has 2 aromatic rings. The molecule has 8 heteroatoms. The van der Waals surface area contributed by atoms with Crippen molar-refractivity contribution in [3.8, 4) is 0 Å². The summed E-state index contributed by atoms with van der Waals surface area (Å²) in [6.45, 7) is 11.2. The van der Waals surface area contributed by atoms with E-state index in [1.165, 1.54) is 4.90 Å². The topological polar surface area (TPSA) is 86.8 Å². The van der Waals surface area contributed by atoms with Crippen molar-refractivity contribution in [2.24, 2.45) is 0 Å². The molecule has 0 aromatic heterocycles. The third-order valence-corrected chi connectivity index (χ3v) is 7.24. The number of aryl methyl sites for hydroxylation is 3. The van der Waals surface area contributed by atoms with E-state index >= 15 is 0 Å². The van der Waals surface area contributed by atoms with Gasteiger partial charge in [0, 0.05) is 12.6 Å². The highest BCUT2D eigenvalue weighted by Gasteiger charge is 2.30. The molecule has 0 aliphatic rings. The first-order valence-electron chi connectivity index (χ1n) is 11.5. The van der Waals surface area contributed by atoms with Crippen molar-refractivity contribution < 1.29 is 18.0 Å². The molecule has 0 radical (unpaired) electrons. The first kappa shape index (κ1) is 27.4. The molecule has 0 aliphatic carbocycles.